The molecule has 0 bridgehead atoms. The summed E-state index contributed by atoms with van der Waals surface area (Å²) >= 11 is 0. The number of allylic oxidation sites excluding steroid dienone is 2. The van der Waals surface area contributed by atoms with Crippen molar-refractivity contribution in [3.05, 3.63) is 24.3 Å². The third-order valence-corrected chi connectivity index (χ3v) is 7.59. The maximum atomic E-state index is 11.9. The second-order valence-corrected chi connectivity index (χ2v) is 11.6. The van der Waals surface area contributed by atoms with E-state index in [2.05, 4.69) is 30.9 Å². The smallest absolute Gasteiger partial charge is 0.306 e. The molecule has 0 amide bonds. The third kappa shape index (κ3) is 31.3. The first-order chi connectivity index (χ1) is 20.6. The fraction of sp³-hybridized carbons (Fsp3) is 0.833. The largest absolute Gasteiger partial charge is 0.461 e. The van der Waals surface area contributed by atoms with Crippen LogP contribution >= 0.6 is 0 Å². The van der Waals surface area contributed by atoms with Gasteiger partial charge in [0.1, 0.15) is 13.2 Å². The number of carbonyl (C=O) groups excluding carboxylic acids is 2. The van der Waals surface area contributed by atoms with E-state index in [9.17, 15) is 14.7 Å². The normalized spacial score (nSPS) is 11.7. The zero-order valence-electron chi connectivity index (χ0n) is 27.6. The Balaban J connectivity index is 3.62. The first-order valence-corrected chi connectivity index (χ1v) is 17.6. The first-order valence-electron chi connectivity index (χ1n) is 17.6. The van der Waals surface area contributed by atoms with E-state index in [4.69, 9.17) is 9.47 Å². The topological polar surface area (TPSA) is 76.1 Å². The van der Waals surface area contributed by atoms with E-state index in [0.717, 1.165) is 96.7 Å². The zero-order valence-corrected chi connectivity index (χ0v) is 27.6. The van der Waals surface area contributed by atoms with Crippen LogP contribution in [0.25, 0.3) is 0 Å². The van der Waals surface area contributed by atoms with Crippen molar-refractivity contribution in [1.82, 2.24) is 4.90 Å². The van der Waals surface area contributed by atoms with Crippen molar-refractivity contribution >= 4 is 11.9 Å². The molecule has 0 saturated heterocycles. The Kier molecular flexibility index (Phi) is 32.5. The second-order valence-electron chi connectivity index (χ2n) is 11.6. The number of aliphatic hydroxyl groups excluding tert-OH is 1. The fourth-order valence-corrected chi connectivity index (χ4v) is 4.92. The summed E-state index contributed by atoms with van der Waals surface area (Å²) in [5.41, 5.74) is 0. The SMILES string of the molecule is CCCCCC/C=C/COC(=O)CCCCCCCN(CCO)CCCCCCCC(=O)OC/C=C/CCCCCC. The average Bonchev–Trinajstić information content (AvgIpc) is 2.98. The lowest BCUT2D eigenvalue weighted by Gasteiger charge is -2.21. The molecule has 0 heterocycles. The Morgan fingerprint density at radius 3 is 1.36 bits per heavy atom. The monoisotopic (exact) mass is 594 g/mol. The van der Waals surface area contributed by atoms with Crippen molar-refractivity contribution in [3.63, 3.8) is 0 Å². The first kappa shape index (κ1) is 40.3. The molecule has 6 nitrogen and oxygen atoms in total. The van der Waals surface area contributed by atoms with Crippen LogP contribution in [0.15, 0.2) is 24.3 Å². The summed E-state index contributed by atoms with van der Waals surface area (Å²) in [6.07, 6.45) is 32.2. The van der Waals surface area contributed by atoms with E-state index < -0.39 is 0 Å². The number of ether oxygens (including phenoxy) is 2. The number of esters is 2. The number of nitrogens with zero attached hydrogens (tertiary/aromatic N) is 1. The summed E-state index contributed by atoms with van der Waals surface area (Å²) in [5.74, 6) is -0.174. The molecule has 1 N–H and O–H groups in total. The summed E-state index contributed by atoms with van der Waals surface area (Å²) < 4.78 is 10.6. The molecule has 0 unspecified atom stereocenters. The highest BCUT2D eigenvalue weighted by atomic mass is 16.5. The van der Waals surface area contributed by atoms with Gasteiger partial charge in [0.15, 0.2) is 0 Å². The Morgan fingerprint density at radius 1 is 0.524 bits per heavy atom. The van der Waals surface area contributed by atoms with E-state index in [1.54, 1.807) is 0 Å². The minimum absolute atomic E-state index is 0.0871. The molecule has 6 heteroatoms. The number of rotatable bonds is 32. The van der Waals surface area contributed by atoms with Gasteiger partial charge >= 0.3 is 11.9 Å². The minimum Gasteiger partial charge on any atom is -0.461 e. The van der Waals surface area contributed by atoms with Gasteiger partial charge in [0.05, 0.1) is 6.61 Å². The molecule has 0 rings (SSSR count). The van der Waals surface area contributed by atoms with Crippen molar-refractivity contribution in [3.8, 4) is 0 Å². The average molecular weight is 594 g/mol. The lowest BCUT2D eigenvalue weighted by atomic mass is 10.1. The van der Waals surface area contributed by atoms with Gasteiger partial charge in [0.25, 0.3) is 0 Å². The van der Waals surface area contributed by atoms with Crippen LogP contribution in [0.4, 0.5) is 0 Å². The molecule has 0 aromatic heterocycles. The second kappa shape index (κ2) is 33.8. The number of aliphatic hydroxyl groups is 1. The third-order valence-electron chi connectivity index (χ3n) is 7.59. The standard InChI is InChI=1S/C36H67NO5/c1-3-5-7-9-11-19-25-33-41-35(39)27-21-15-13-17-23-29-37(31-32-38)30-24-18-14-16-22-28-36(40)42-34-26-20-12-10-8-6-4-2/h19-20,25-26,38H,3-18,21-24,27-34H2,1-2H3/b25-19+,26-20+. The van der Waals surface area contributed by atoms with Gasteiger partial charge < -0.3 is 19.5 Å². The summed E-state index contributed by atoms with van der Waals surface area (Å²) in [6, 6.07) is 0. The minimum atomic E-state index is -0.0871. The number of carbonyl (C=O) groups is 2. The van der Waals surface area contributed by atoms with E-state index >= 15 is 0 Å². The van der Waals surface area contributed by atoms with Gasteiger partial charge in [-0.3, -0.25) is 9.59 Å². The predicted octanol–water partition coefficient (Wildman–Crippen LogP) is 9.10. The molecule has 246 valence electrons. The molecule has 0 radical (unpaired) electrons. The molecule has 0 saturated carbocycles. The molecule has 0 aromatic carbocycles. The van der Waals surface area contributed by atoms with Crippen molar-refractivity contribution in [1.29, 1.82) is 0 Å². The maximum Gasteiger partial charge on any atom is 0.306 e. The van der Waals surface area contributed by atoms with E-state index in [1.807, 2.05) is 12.2 Å². The molecular weight excluding hydrogens is 526 g/mol. The van der Waals surface area contributed by atoms with Crippen LogP contribution in [0.2, 0.25) is 0 Å². The molecule has 0 aliphatic rings. The van der Waals surface area contributed by atoms with Gasteiger partial charge in [-0.15, -0.1) is 0 Å². The number of hydrogen-bond donors (Lipinski definition) is 1. The zero-order chi connectivity index (χ0) is 30.8. The molecule has 0 aromatic rings. The van der Waals surface area contributed by atoms with Gasteiger partial charge in [-0.2, -0.15) is 0 Å². The highest BCUT2D eigenvalue weighted by molar-refractivity contribution is 5.69. The van der Waals surface area contributed by atoms with Crippen molar-refractivity contribution < 1.29 is 24.2 Å². The Labute approximate surface area is 259 Å². The highest BCUT2D eigenvalue weighted by Gasteiger charge is 2.06. The Morgan fingerprint density at radius 2 is 0.929 bits per heavy atom. The highest BCUT2D eigenvalue weighted by Crippen LogP contribution is 2.10. The van der Waals surface area contributed by atoms with Crippen LogP contribution in [0.3, 0.4) is 0 Å². The quantitative estimate of drug-likeness (QED) is 0.0476. The van der Waals surface area contributed by atoms with Crippen molar-refractivity contribution in [2.45, 2.75) is 155 Å². The Hall–Kier alpha value is -1.66. The van der Waals surface area contributed by atoms with Crippen molar-refractivity contribution in [2.24, 2.45) is 0 Å². The van der Waals surface area contributed by atoms with Gasteiger partial charge in [0, 0.05) is 19.4 Å². The summed E-state index contributed by atoms with van der Waals surface area (Å²) in [6.45, 7) is 8.21. The van der Waals surface area contributed by atoms with E-state index in [1.165, 1.54) is 51.4 Å². The molecule has 42 heavy (non-hydrogen) atoms. The Bertz CT molecular complexity index is 597. The van der Waals surface area contributed by atoms with Crippen LogP contribution in [-0.2, 0) is 19.1 Å². The molecule has 0 atom stereocenters. The summed E-state index contributed by atoms with van der Waals surface area (Å²) in [4.78, 5) is 26.1. The van der Waals surface area contributed by atoms with E-state index in [-0.39, 0.29) is 18.5 Å². The number of unbranched alkanes of at least 4 members (excludes halogenated alkanes) is 16. The van der Waals surface area contributed by atoms with Gasteiger partial charge in [0.2, 0.25) is 0 Å². The van der Waals surface area contributed by atoms with Crippen LogP contribution in [0.5, 0.6) is 0 Å². The van der Waals surface area contributed by atoms with Crippen molar-refractivity contribution in [2.75, 3.05) is 39.5 Å². The predicted molar refractivity (Wildman–Crippen MR) is 177 cm³/mol. The fourth-order valence-electron chi connectivity index (χ4n) is 4.92. The lowest BCUT2D eigenvalue weighted by Crippen LogP contribution is -2.29. The van der Waals surface area contributed by atoms with Crippen LogP contribution in [0, 0.1) is 0 Å². The number of hydrogen-bond acceptors (Lipinski definition) is 6. The van der Waals surface area contributed by atoms with Crippen LogP contribution < -0.4 is 0 Å². The van der Waals surface area contributed by atoms with Gasteiger partial charge in [-0.05, 0) is 64.5 Å². The summed E-state index contributed by atoms with van der Waals surface area (Å²) in [5, 5.41) is 9.42. The maximum absolute atomic E-state index is 11.9. The van der Waals surface area contributed by atoms with E-state index in [0.29, 0.717) is 26.1 Å². The van der Waals surface area contributed by atoms with Gasteiger partial charge in [-0.1, -0.05) is 115 Å². The van der Waals surface area contributed by atoms with Gasteiger partial charge in [-0.25, -0.2) is 0 Å². The molecule has 0 aliphatic heterocycles. The molecule has 0 fully saturated rings. The molecule has 0 spiro atoms. The molecule has 0 aliphatic carbocycles. The van der Waals surface area contributed by atoms with Crippen LogP contribution in [-0.4, -0.2) is 61.4 Å². The molecular formula is C36H67NO5. The lowest BCUT2D eigenvalue weighted by molar-refractivity contribution is -0.143. The van der Waals surface area contributed by atoms with Crippen LogP contribution in [0.1, 0.15) is 155 Å². The summed E-state index contributed by atoms with van der Waals surface area (Å²) in [7, 11) is 0.